The highest BCUT2D eigenvalue weighted by Crippen LogP contribution is 2.26. The van der Waals surface area contributed by atoms with Crippen molar-refractivity contribution in [1.29, 1.82) is 0 Å². The van der Waals surface area contributed by atoms with Crippen molar-refractivity contribution >= 4 is 11.8 Å². The fourth-order valence-electron chi connectivity index (χ4n) is 2.49. The lowest BCUT2D eigenvalue weighted by atomic mass is 9.96. The van der Waals surface area contributed by atoms with Crippen molar-refractivity contribution in [2.75, 3.05) is 13.2 Å². The molecular weight excluding hydrogens is 280 g/mol. The Hall–Kier alpha value is -2.04. The zero-order chi connectivity index (χ0) is 16.2. The lowest BCUT2D eigenvalue weighted by Crippen LogP contribution is -2.46. The van der Waals surface area contributed by atoms with Crippen molar-refractivity contribution in [2.24, 2.45) is 5.92 Å². The summed E-state index contributed by atoms with van der Waals surface area (Å²) in [5, 5.41) is 5.55. The molecule has 0 unspecified atom stereocenters. The van der Waals surface area contributed by atoms with Crippen molar-refractivity contribution < 1.29 is 14.3 Å². The third kappa shape index (κ3) is 4.76. The summed E-state index contributed by atoms with van der Waals surface area (Å²) in [7, 11) is 0. The summed E-state index contributed by atoms with van der Waals surface area (Å²) in [6, 6.07) is 7.77. The van der Waals surface area contributed by atoms with E-state index in [9.17, 15) is 9.59 Å². The standard InChI is InChI=1S/C17H24N2O3/c1-17(2,3)19-15(20)11-18-16(21)13-8-9-22-14-7-5-4-6-12(14)10-13/h4-7,13H,8-11H2,1-3H3,(H,18,21)(H,19,20)/t13-/m1/s1. The first-order chi connectivity index (χ1) is 10.3. The molecule has 22 heavy (non-hydrogen) atoms. The van der Waals surface area contributed by atoms with Gasteiger partial charge in [-0.2, -0.15) is 0 Å². The number of benzene rings is 1. The minimum Gasteiger partial charge on any atom is -0.493 e. The number of hydrogen-bond acceptors (Lipinski definition) is 3. The molecule has 1 aromatic rings. The zero-order valence-corrected chi connectivity index (χ0v) is 13.4. The number of carbonyl (C=O) groups excluding carboxylic acids is 2. The Bertz CT molecular complexity index is 549. The first kappa shape index (κ1) is 16.3. The van der Waals surface area contributed by atoms with Crippen LogP contribution >= 0.6 is 0 Å². The van der Waals surface area contributed by atoms with Gasteiger partial charge in [-0.3, -0.25) is 9.59 Å². The maximum Gasteiger partial charge on any atom is 0.239 e. The van der Waals surface area contributed by atoms with Gasteiger partial charge in [0.2, 0.25) is 11.8 Å². The normalized spacial score (nSPS) is 17.7. The number of nitrogens with one attached hydrogen (secondary N) is 2. The number of para-hydroxylation sites is 1. The van der Waals surface area contributed by atoms with Gasteiger partial charge in [-0.15, -0.1) is 0 Å². The van der Waals surface area contributed by atoms with Crippen LogP contribution in [0.25, 0.3) is 0 Å². The molecule has 1 heterocycles. The third-order valence-corrected chi connectivity index (χ3v) is 3.47. The maximum absolute atomic E-state index is 12.3. The fourth-order valence-corrected chi connectivity index (χ4v) is 2.49. The molecule has 120 valence electrons. The van der Waals surface area contributed by atoms with E-state index in [0.29, 0.717) is 19.4 Å². The minimum absolute atomic E-state index is 0.00904. The van der Waals surface area contributed by atoms with Crippen LogP contribution in [0.1, 0.15) is 32.8 Å². The number of fused-ring (bicyclic) bond motifs is 1. The van der Waals surface area contributed by atoms with Crippen LogP contribution in [-0.4, -0.2) is 30.5 Å². The minimum atomic E-state index is -0.295. The predicted octanol–water partition coefficient (Wildman–Crippen LogP) is 1.66. The smallest absolute Gasteiger partial charge is 0.239 e. The van der Waals surface area contributed by atoms with Gasteiger partial charge in [0.05, 0.1) is 13.2 Å². The van der Waals surface area contributed by atoms with Crippen LogP contribution in [0.5, 0.6) is 5.75 Å². The van der Waals surface area contributed by atoms with Crippen molar-refractivity contribution in [3.8, 4) is 5.75 Å². The second kappa shape index (κ2) is 6.81. The van der Waals surface area contributed by atoms with Crippen molar-refractivity contribution in [2.45, 2.75) is 39.2 Å². The van der Waals surface area contributed by atoms with Gasteiger partial charge in [0.15, 0.2) is 0 Å². The molecule has 1 atom stereocenters. The molecule has 0 fully saturated rings. The molecule has 1 aliphatic rings. The molecule has 0 bridgehead atoms. The van der Waals surface area contributed by atoms with Gasteiger partial charge < -0.3 is 15.4 Å². The Kier molecular flexibility index (Phi) is 5.06. The Labute approximate surface area is 131 Å². The Morgan fingerprint density at radius 1 is 1.27 bits per heavy atom. The number of ether oxygens (including phenoxy) is 1. The van der Waals surface area contributed by atoms with Crippen LogP contribution in [-0.2, 0) is 16.0 Å². The van der Waals surface area contributed by atoms with E-state index < -0.39 is 0 Å². The average Bonchev–Trinajstić information content (AvgIpc) is 2.65. The second-order valence-corrected chi connectivity index (χ2v) is 6.66. The SMILES string of the molecule is CC(C)(C)NC(=O)CNC(=O)[C@@H]1CCOc2ccccc2C1. The molecular formula is C17H24N2O3. The van der Waals surface area contributed by atoms with E-state index in [1.165, 1.54) is 0 Å². The van der Waals surface area contributed by atoms with Crippen LogP contribution < -0.4 is 15.4 Å². The summed E-state index contributed by atoms with van der Waals surface area (Å²) in [6.07, 6.45) is 1.30. The molecule has 1 aliphatic heterocycles. The maximum atomic E-state index is 12.3. The van der Waals surface area contributed by atoms with Crippen LogP contribution in [0.15, 0.2) is 24.3 Å². The van der Waals surface area contributed by atoms with Crippen LogP contribution in [0.3, 0.4) is 0 Å². The summed E-state index contributed by atoms with van der Waals surface area (Å²) in [5.41, 5.74) is 0.746. The lowest BCUT2D eigenvalue weighted by molar-refractivity contribution is -0.129. The van der Waals surface area contributed by atoms with E-state index in [4.69, 9.17) is 4.74 Å². The molecule has 5 nitrogen and oxygen atoms in total. The number of hydrogen-bond donors (Lipinski definition) is 2. The summed E-state index contributed by atoms with van der Waals surface area (Å²) in [6.45, 7) is 6.25. The van der Waals surface area contributed by atoms with E-state index in [1.54, 1.807) is 0 Å². The van der Waals surface area contributed by atoms with Gasteiger partial charge >= 0.3 is 0 Å². The van der Waals surface area contributed by atoms with Gasteiger partial charge in [0.25, 0.3) is 0 Å². The molecule has 2 amide bonds. The van der Waals surface area contributed by atoms with Crippen molar-refractivity contribution in [3.05, 3.63) is 29.8 Å². The molecule has 0 spiro atoms. The Balaban J connectivity index is 1.89. The molecule has 2 N–H and O–H groups in total. The van der Waals surface area contributed by atoms with E-state index in [0.717, 1.165) is 11.3 Å². The number of rotatable bonds is 3. The topological polar surface area (TPSA) is 67.4 Å². The largest absolute Gasteiger partial charge is 0.493 e. The highest BCUT2D eigenvalue weighted by Gasteiger charge is 2.24. The molecule has 0 radical (unpaired) electrons. The third-order valence-electron chi connectivity index (χ3n) is 3.47. The van der Waals surface area contributed by atoms with Crippen molar-refractivity contribution in [1.82, 2.24) is 10.6 Å². The second-order valence-electron chi connectivity index (χ2n) is 6.66. The van der Waals surface area contributed by atoms with Gasteiger partial charge in [0, 0.05) is 11.5 Å². The van der Waals surface area contributed by atoms with Gasteiger partial charge in [0.1, 0.15) is 5.75 Å². The highest BCUT2D eigenvalue weighted by molar-refractivity contribution is 5.86. The molecule has 0 saturated heterocycles. The Morgan fingerprint density at radius 2 is 2.00 bits per heavy atom. The number of carbonyl (C=O) groups is 2. The van der Waals surface area contributed by atoms with E-state index in [1.807, 2.05) is 45.0 Å². The fraction of sp³-hybridized carbons (Fsp3) is 0.529. The number of amides is 2. The van der Waals surface area contributed by atoms with Gasteiger partial charge in [-0.25, -0.2) is 0 Å². The molecule has 0 aliphatic carbocycles. The van der Waals surface area contributed by atoms with Gasteiger partial charge in [-0.05, 0) is 45.2 Å². The van der Waals surface area contributed by atoms with E-state index in [2.05, 4.69) is 10.6 Å². The van der Waals surface area contributed by atoms with Crippen LogP contribution in [0.2, 0.25) is 0 Å². The molecule has 5 heteroatoms. The quantitative estimate of drug-likeness (QED) is 0.892. The summed E-state index contributed by atoms with van der Waals surface area (Å²) >= 11 is 0. The van der Waals surface area contributed by atoms with E-state index in [-0.39, 0.29) is 29.8 Å². The van der Waals surface area contributed by atoms with Crippen LogP contribution in [0, 0.1) is 5.92 Å². The monoisotopic (exact) mass is 304 g/mol. The van der Waals surface area contributed by atoms with E-state index >= 15 is 0 Å². The summed E-state index contributed by atoms with van der Waals surface area (Å²) < 4.78 is 5.66. The summed E-state index contributed by atoms with van der Waals surface area (Å²) in [5.74, 6) is 0.421. The molecule has 2 rings (SSSR count). The van der Waals surface area contributed by atoms with Gasteiger partial charge in [-0.1, -0.05) is 18.2 Å². The molecule has 0 saturated carbocycles. The summed E-state index contributed by atoms with van der Waals surface area (Å²) in [4.78, 5) is 24.0. The lowest BCUT2D eigenvalue weighted by Gasteiger charge is -2.21. The first-order valence-electron chi connectivity index (χ1n) is 7.64. The highest BCUT2D eigenvalue weighted by atomic mass is 16.5. The average molecular weight is 304 g/mol. The Morgan fingerprint density at radius 3 is 2.73 bits per heavy atom. The zero-order valence-electron chi connectivity index (χ0n) is 13.4. The molecule has 1 aromatic carbocycles. The first-order valence-corrected chi connectivity index (χ1v) is 7.64. The molecule has 0 aromatic heterocycles. The predicted molar refractivity (Wildman–Crippen MR) is 84.7 cm³/mol. The van der Waals surface area contributed by atoms with Crippen LogP contribution in [0.4, 0.5) is 0 Å². The van der Waals surface area contributed by atoms with Crippen molar-refractivity contribution in [3.63, 3.8) is 0 Å².